The summed E-state index contributed by atoms with van der Waals surface area (Å²) in [5.74, 6) is 1.15. The highest BCUT2D eigenvalue weighted by Gasteiger charge is 2.32. The minimum atomic E-state index is 0.0409. The SMILES string of the molecule is [CH]Cc1oc2ccccc2c1C[C@@H]1CCCN1C(=O)[C@@H](C)CCCN. The van der Waals surface area contributed by atoms with Crippen LogP contribution in [-0.4, -0.2) is 29.9 Å². The molecule has 1 aromatic heterocycles. The second-order valence-corrected chi connectivity index (χ2v) is 7.07. The molecule has 0 aliphatic carbocycles. The summed E-state index contributed by atoms with van der Waals surface area (Å²) in [6.45, 7) is 9.41. The van der Waals surface area contributed by atoms with Crippen molar-refractivity contribution in [2.24, 2.45) is 11.7 Å². The summed E-state index contributed by atoms with van der Waals surface area (Å²) in [4.78, 5) is 14.9. The van der Waals surface area contributed by atoms with E-state index in [1.807, 2.05) is 25.1 Å². The summed E-state index contributed by atoms with van der Waals surface area (Å²) in [6.07, 6.45) is 5.07. The van der Waals surface area contributed by atoms with Crippen LogP contribution in [0.3, 0.4) is 0 Å². The highest BCUT2D eigenvalue weighted by Crippen LogP contribution is 2.31. The van der Waals surface area contributed by atoms with E-state index in [0.29, 0.717) is 13.0 Å². The van der Waals surface area contributed by atoms with Crippen molar-refractivity contribution in [2.45, 2.75) is 51.5 Å². The molecule has 2 aromatic rings. The predicted molar refractivity (Wildman–Crippen MR) is 100 cm³/mol. The summed E-state index contributed by atoms with van der Waals surface area (Å²) in [7, 11) is 0. The third kappa shape index (κ3) is 3.74. The van der Waals surface area contributed by atoms with Gasteiger partial charge in [-0.05, 0) is 51.6 Å². The molecule has 2 N–H and O–H groups in total. The molecular weight excluding hydrogens is 312 g/mol. The van der Waals surface area contributed by atoms with E-state index in [0.717, 1.165) is 60.9 Å². The Bertz CT molecular complexity index is 722. The molecule has 2 radical (unpaired) electrons. The molecule has 1 aliphatic heterocycles. The zero-order valence-electron chi connectivity index (χ0n) is 15.0. The first kappa shape index (κ1) is 18.0. The largest absolute Gasteiger partial charge is 0.461 e. The summed E-state index contributed by atoms with van der Waals surface area (Å²) >= 11 is 0. The lowest BCUT2D eigenvalue weighted by molar-refractivity contribution is -0.136. The Morgan fingerprint density at radius 3 is 3.00 bits per heavy atom. The normalized spacial score (nSPS) is 18.8. The van der Waals surface area contributed by atoms with Gasteiger partial charge in [-0.15, -0.1) is 0 Å². The van der Waals surface area contributed by atoms with Gasteiger partial charge in [0, 0.05) is 35.9 Å². The molecule has 4 nitrogen and oxygen atoms in total. The Balaban J connectivity index is 1.79. The number of para-hydroxylation sites is 1. The molecule has 134 valence electrons. The first-order valence-corrected chi connectivity index (χ1v) is 9.35. The zero-order valence-corrected chi connectivity index (χ0v) is 15.0. The standard InChI is InChI=1S/C21H28N2O2/c1-3-19-18(17-10-4-5-11-20(17)25-19)14-16-9-7-13-23(16)21(24)15(2)8-6-12-22/h1,4-5,10-11,15-16H,3,6-9,12-14,22H2,2H3/t15-,16-/m0/s1. The molecule has 0 bridgehead atoms. The Morgan fingerprint density at radius 1 is 1.44 bits per heavy atom. The number of carbonyl (C=O) groups is 1. The van der Waals surface area contributed by atoms with E-state index in [1.165, 1.54) is 0 Å². The van der Waals surface area contributed by atoms with Crippen LogP contribution in [0.5, 0.6) is 0 Å². The molecule has 0 spiro atoms. The lowest BCUT2D eigenvalue weighted by atomic mass is 9.98. The van der Waals surface area contributed by atoms with E-state index in [2.05, 4.69) is 11.0 Å². The van der Waals surface area contributed by atoms with Crippen molar-refractivity contribution in [1.29, 1.82) is 0 Å². The summed E-state index contributed by atoms with van der Waals surface area (Å²) in [5, 5.41) is 1.12. The number of amides is 1. The Morgan fingerprint density at radius 2 is 2.24 bits per heavy atom. The maximum atomic E-state index is 12.8. The lowest BCUT2D eigenvalue weighted by Crippen LogP contribution is -2.40. The number of benzene rings is 1. The quantitative estimate of drug-likeness (QED) is 0.838. The highest BCUT2D eigenvalue weighted by molar-refractivity contribution is 5.83. The van der Waals surface area contributed by atoms with Crippen LogP contribution in [0.1, 0.15) is 43.9 Å². The molecule has 2 heterocycles. The lowest BCUT2D eigenvalue weighted by Gasteiger charge is -2.27. The van der Waals surface area contributed by atoms with Crippen molar-refractivity contribution < 1.29 is 9.21 Å². The number of nitrogens with two attached hydrogens (primary N) is 1. The third-order valence-electron chi connectivity index (χ3n) is 5.33. The van der Waals surface area contributed by atoms with E-state index in [4.69, 9.17) is 17.1 Å². The maximum Gasteiger partial charge on any atom is 0.225 e. The van der Waals surface area contributed by atoms with Gasteiger partial charge in [0.15, 0.2) is 0 Å². The van der Waals surface area contributed by atoms with Gasteiger partial charge in [-0.1, -0.05) is 25.1 Å². The highest BCUT2D eigenvalue weighted by atomic mass is 16.3. The Kier molecular flexibility index (Phi) is 5.79. The van der Waals surface area contributed by atoms with Gasteiger partial charge in [-0.2, -0.15) is 0 Å². The van der Waals surface area contributed by atoms with Gasteiger partial charge in [0.25, 0.3) is 0 Å². The molecule has 1 saturated heterocycles. The second kappa shape index (κ2) is 8.05. The molecule has 1 aromatic carbocycles. The first-order chi connectivity index (χ1) is 12.2. The van der Waals surface area contributed by atoms with Gasteiger partial charge in [0.2, 0.25) is 5.91 Å². The summed E-state index contributed by atoms with van der Waals surface area (Å²) in [6, 6.07) is 8.29. The van der Waals surface area contributed by atoms with Crippen LogP contribution >= 0.6 is 0 Å². The van der Waals surface area contributed by atoms with Crippen LogP contribution < -0.4 is 5.73 Å². The Labute approximate surface area is 150 Å². The van der Waals surface area contributed by atoms with Crippen molar-refractivity contribution in [2.75, 3.05) is 13.1 Å². The van der Waals surface area contributed by atoms with Crippen LogP contribution in [0.25, 0.3) is 11.0 Å². The maximum absolute atomic E-state index is 12.8. The molecule has 0 unspecified atom stereocenters. The van der Waals surface area contributed by atoms with E-state index in [-0.39, 0.29) is 17.9 Å². The topological polar surface area (TPSA) is 59.5 Å². The second-order valence-electron chi connectivity index (χ2n) is 7.07. The number of furan rings is 1. The summed E-state index contributed by atoms with van der Waals surface area (Å²) in [5.41, 5.74) is 7.63. The average molecular weight is 340 g/mol. The molecule has 1 aliphatic rings. The average Bonchev–Trinajstić information content (AvgIpc) is 3.24. The number of fused-ring (bicyclic) bond motifs is 1. The fourth-order valence-electron chi connectivity index (χ4n) is 3.94. The number of hydrogen-bond donors (Lipinski definition) is 1. The van der Waals surface area contributed by atoms with Crippen molar-refractivity contribution in [3.63, 3.8) is 0 Å². The molecule has 3 rings (SSSR count). The van der Waals surface area contributed by atoms with Crippen LogP contribution in [-0.2, 0) is 17.6 Å². The van der Waals surface area contributed by atoms with Gasteiger partial charge >= 0.3 is 0 Å². The monoisotopic (exact) mass is 340 g/mol. The molecule has 0 saturated carbocycles. The summed E-state index contributed by atoms with van der Waals surface area (Å²) < 4.78 is 5.91. The van der Waals surface area contributed by atoms with Gasteiger partial charge in [-0.3, -0.25) is 4.79 Å². The fourth-order valence-corrected chi connectivity index (χ4v) is 3.94. The van der Waals surface area contributed by atoms with E-state index >= 15 is 0 Å². The smallest absolute Gasteiger partial charge is 0.225 e. The van der Waals surface area contributed by atoms with Gasteiger partial charge in [0.05, 0.1) is 0 Å². The zero-order chi connectivity index (χ0) is 17.8. The van der Waals surface area contributed by atoms with Crippen molar-refractivity contribution in [3.05, 3.63) is 42.5 Å². The number of carbonyl (C=O) groups excluding carboxylic acids is 1. The fraction of sp³-hybridized carbons (Fsp3) is 0.524. The third-order valence-corrected chi connectivity index (χ3v) is 5.33. The molecule has 1 fully saturated rings. The van der Waals surface area contributed by atoms with Crippen molar-refractivity contribution in [3.8, 4) is 0 Å². The van der Waals surface area contributed by atoms with Gasteiger partial charge in [0.1, 0.15) is 11.3 Å². The first-order valence-electron chi connectivity index (χ1n) is 9.35. The van der Waals surface area contributed by atoms with Crippen LogP contribution in [0.2, 0.25) is 0 Å². The molecule has 4 heteroatoms. The van der Waals surface area contributed by atoms with E-state index < -0.39 is 0 Å². The minimum absolute atomic E-state index is 0.0409. The minimum Gasteiger partial charge on any atom is -0.461 e. The van der Waals surface area contributed by atoms with E-state index in [1.54, 1.807) is 0 Å². The molecular formula is C21H28N2O2. The van der Waals surface area contributed by atoms with Crippen LogP contribution in [0.4, 0.5) is 0 Å². The van der Waals surface area contributed by atoms with Gasteiger partial charge in [-0.25, -0.2) is 0 Å². The van der Waals surface area contributed by atoms with E-state index in [9.17, 15) is 4.79 Å². The number of hydrogen-bond acceptors (Lipinski definition) is 3. The number of nitrogens with zero attached hydrogens (tertiary/aromatic N) is 1. The Hall–Kier alpha value is -1.81. The van der Waals surface area contributed by atoms with Crippen molar-refractivity contribution >= 4 is 16.9 Å². The predicted octanol–water partition coefficient (Wildman–Crippen LogP) is 3.59. The molecule has 2 atom stereocenters. The van der Waals surface area contributed by atoms with Crippen LogP contribution in [0.15, 0.2) is 28.7 Å². The molecule has 25 heavy (non-hydrogen) atoms. The van der Waals surface area contributed by atoms with Gasteiger partial charge < -0.3 is 15.1 Å². The number of likely N-dealkylation sites (tertiary alicyclic amines) is 1. The van der Waals surface area contributed by atoms with Crippen LogP contribution in [0, 0.1) is 12.8 Å². The molecule has 1 amide bonds. The van der Waals surface area contributed by atoms with Crippen molar-refractivity contribution in [1.82, 2.24) is 4.90 Å². The number of rotatable bonds is 7.